The molecule has 11 nitrogen and oxygen atoms in total. The molecule has 33 heavy (non-hydrogen) atoms. The molecule has 0 bridgehead atoms. The first kappa shape index (κ1) is 22.7. The van der Waals surface area contributed by atoms with Crippen LogP contribution in [0.15, 0.2) is 49.1 Å². The highest BCUT2D eigenvalue weighted by Gasteiger charge is 2.11. The molecule has 0 unspecified atom stereocenters. The van der Waals surface area contributed by atoms with E-state index in [2.05, 4.69) is 29.6 Å². The first-order valence-corrected chi connectivity index (χ1v) is 11.8. The fourth-order valence-electron chi connectivity index (χ4n) is 2.82. The first-order chi connectivity index (χ1) is 15.8. The second kappa shape index (κ2) is 9.57. The quantitative estimate of drug-likeness (QED) is 0.275. The van der Waals surface area contributed by atoms with Crippen molar-refractivity contribution in [1.29, 1.82) is 0 Å². The summed E-state index contributed by atoms with van der Waals surface area (Å²) in [6.07, 6.45) is 5.67. The minimum absolute atomic E-state index is 0.0159. The highest BCUT2D eigenvalue weighted by atomic mass is 35.5. The van der Waals surface area contributed by atoms with E-state index in [1.807, 2.05) is 19.3 Å². The SMILES string of the molecule is Cn1ccc(Nc2ncnc3ccc(Oc4ncc(OCCOS(C)(=O)=O)cc4Cl)cc23)n1. The molecule has 4 rings (SSSR count). The minimum Gasteiger partial charge on any atom is -0.489 e. The number of ether oxygens (including phenoxy) is 2. The van der Waals surface area contributed by atoms with E-state index in [-0.39, 0.29) is 24.1 Å². The minimum atomic E-state index is -3.52. The molecule has 0 saturated heterocycles. The van der Waals surface area contributed by atoms with Crippen LogP contribution in [0.3, 0.4) is 0 Å². The summed E-state index contributed by atoms with van der Waals surface area (Å²) in [5, 5.41) is 8.41. The second-order valence-corrected chi connectivity index (χ2v) is 8.89. The molecule has 0 radical (unpaired) electrons. The molecule has 0 amide bonds. The van der Waals surface area contributed by atoms with Crippen molar-refractivity contribution in [3.63, 3.8) is 0 Å². The number of nitrogens with one attached hydrogen (secondary N) is 1. The van der Waals surface area contributed by atoms with Crippen molar-refractivity contribution >= 4 is 44.3 Å². The van der Waals surface area contributed by atoms with Gasteiger partial charge < -0.3 is 14.8 Å². The van der Waals surface area contributed by atoms with E-state index in [1.165, 1.54) is 18.6 Å². The van der Waals surface area contributed by atoms with Crippen LogP contribution in [-0.2, 0) is 21.3 Å². The van der Waals surface area contributed by atoms with Crippen molar-refractivity contribution in [3.8, 4) is 17.4 Å². The maximum atomic E-state index is 11.0. The van der Waals surface area contributed by atoms with Crippen molar-refractivity contribution in [2.75, 3.05) is 24.8 Å². The van der Waals surface area contributed by atoms with Gasteiger partial charge in [-0.1, -0.05) is 11.6 Å². The zero-order chi connectivity index (χ0) is 23.4. The van der Waals surface area contributed by atoms with Crippen molar-refractivity contribution in [2.24, 2.45) is 7.05 Å². The first-order valence-electron chi connectivity index (χ1n) is 9.59. The van der Waals surface area contributed by atoms with Gasteiger partial charge in [-0.25, -0.2) is 15.0 Å². The Morgan fingerprint density at radius 3 is 2.67 bits per heavy atom. The fraction of sp³-hybridized carbons (Fsp3) is 0.200. The molecule has 13 heteroatoms. The van der Waals surface area contributed by atoms with Crippen LogP contribution in [0.5, 0.6) is 17.4 Å². The van der Waals surface area contributed by atoms with Gasteiger partial charge in [0.15, 0.2) is 5.82 Å². The summed E-state index contributed by atoms with van der Waals surface area (Å²) in [7, 11) is -1.70. The van der Waals surface area contributed by atoms with E-state index < -0.39 is 10.1 Å². The molecule has 0 fully saturated rings. The molecule has 0 spiro atoms. The molecule has 3 aromatic heterocycles. The number of aromatic nitrogens is 5. The van der Waals surface area contributed by atoms with Gasteiger partial charge in [0.05, 0.1) is 18.0 Å². The lowest BCUT2D eigenvalue weighted by atomic mass is 10.2. The highest BCUT2D eigenvalue weighted by molar-refractivity contribution is 7.85. The van der Waals surface area contributed by atoms with E-state index in [1.54, 1.807) is 22.9 Å². The number of anilines is 2. The third-order valence-corrected chi connectivity index (χ3v) is 5.08. The van der Waals surface area contributed by atoms with E-state index in [0.29, 0.717) is 23.1 Å². The lowest BCUT2D eigenvalue weighted by Crippen LogP contribution is -2.11. The molecule has 0 atom stereocenters. The maximum absolute atomic E-state index is 11.0. The van der Waals surface area contributed by atoms with Gasteiger partial charge in [-0.3, -0.25) is 8.86 Å². The van der Waals surface area contributed by atoms with Crippen LogP contribution >= 0.6 is 11.6 Å². The number of rotatable bonds is 9. The number of aryl methyl sites for hydroxylation is 1. The Hall–Kier alpha value is -3.48. The van der Waals surface area contributed by atoms with Gasteiger partial charge in [-0.15, -0.1) is 0 Å². The third-order valence-electron chi connectivity index (χ3n) is 4.21. The molecule has 0 aliphatic carbocycles. The Kier molecular flexibility index (Phi) is 6.58. The number of hydrogen-bond donors (Lipinski definition) is 1. The summed E-state index contributed by atoms with van der Waals surface area (Å²) >= 11 is 6.28. The van der Waals surface area contributed by atoms with E-state index in [4.69, 9.17) is 21.1 Å². The lowest BCUT2D eigenvalue weighted by molar-refractivity contribution is 0.221. The van der Waals surface area contributed by atoms with E-state index >= 15 is 0 Å². The molecule has 172 valence electrons. The lowest BCUT2D eigenvalue weighted by Gasteiger charge is -2.11. The number of halogens is 1. The molecular weight excluding hydrogens is 472 g/mol. The summed E-state index contributed by atoms with van der Waals surface area (Å²) < 4.78 is 39.5. The molecule has 4 aromatic rings. The molecule has 3 heterocycles. The molecule has 0 aliphatic heterocycles. The Balaban J connectivity index is 1.48. The van der Waals surface area contributed by atoms with Crippen molar-refractivity contribution < 1.29 is 22.1 Å². The van der Waals surface area contributed by atoms with Gasteiger partial charge in [-0.2, -0.15) is 13.5 Å². The van der Waals surface area contributed by atoms with Crippen LogP contribution < -0.4 is 14.8 Å². The van der Waals surface area contributed by atoms with Crippen molar-refractivity contribution in [3.05, 3.63) is 54.1 Å². The van der Waals surface area contributed by atoms with Gasteiger partial charge in [-0.05, 0) is 18.2 Å². The van der Waals surface area contributed by atoms with Crippen LogP contribution in [0, 0.1) is 0 Å². The normalized spacial score (nSPS) is 11.5. The summed E-state index contributed by atoms with van der Waals surface area (Å²) in [6, 6.07) is 8.65. The van der Waals surface area contributed by atoms with Crippen molar-refractivity contribution in [2.45, 2.75) is 0 Å². The summed E-state index contributed by atoms with van der Waals surface area (Å²) in [5.41, 5.74) is 0.717. The third kappa shape index (κ3) is 6.06. The van der Waals surface area contributed by atoms with Gasteiger partial charge in [0.1, 0.15) is 41.9 Å². The predicted octanol–water partition coefficient (Wildman–Crippen LogP) is 3.30. The standard InChI is InChI=1S/C20H19ClN6O5S/c1-27-6-5-18(26-27)25-19-15-9-13(3-4-17(15)23-12-24-19)32-20-16(21)10-14(11-22-20)30-7-8-31-33(2,28)29/h3-6,9-12H,7-8H2,1-2H3,(H,23,24,25,26). The van der Waals surface area contributed by atoms with Crippen LogP contribution in [-0.4, -0.2) is 52.6 Å². The summed E-state index contributed by atoms with van der Waals surface area (Å²) in [6.45, 7) is -0.106. The number of hydrogen-bond acceptors (Lipinski definition) is 10. The van der Waals surface area contributed by atoms with Gasteiger partial charge in [0.25, 0.3) is 10.1 Å². The largest absolute Gasteiger partial charge is 0.489 e. The molecule has 1 aromatic carbocycles. The molecule has 0 saturated carbocycles. The molecular formula is C20H19ClN6O5S. The number of benzene rings is 1. The molecule has 0 aliphatic rings. The Labute approximate surface area is 194 Å². The topological polar surface area (TPSA) is 130 Å². The fourth-order valence-corrected chi connectivity index (χ4v) is 3.39. The zero-order valence-electron chi connectivity index (χ0n) is 17.6. The van der Waals surface area contributed by atoms with Crippen LogP contribution in [0.1, 0.15) is 0 Å². The average molecular weight is 491 g/mol. The maximum Gasteiger partial charge on any atom is 0.264 e. The Morgan fingerprint density at radius 1 is 1.09 bits per heavy atom. The average Bonchev–Trinajstić information content (AvgIpc) is 3.17. The van der Waals surface area contributed by atoms with Crippen LogP contribution in [0.4, 0.5) is 11.6 Å². The zero-order valence-corrected chi connectivity index (χ0v) is 19.2. The Morgan fingerprint density at radius 2 is 1.94 bits per heavy atom. The Bertz CT molecular complexity index is 1390. The van der Waals surface area contributed by atoms with Crippen LogP contribution in [0.25, 0.3) is 10.9 Å². The summed E-state index contributed by atoms with van der Waals surface area (Å²) in [4.78, 5) is 12.8. The molecule has 1 N–H and O–H groups in total. The predicted molar refractivity (Wildman–Crippen MR) is 122 cm³/mol. The van der Waals surface area contributed by atoms with Gasteiger partial charge in [0, 0.05) is 30.8 Å². The summed E-state index contributed by atoms with van der Waals surface area (Å²) in [5.74, 6) is 2.21. The number of fused-ring (bicyclic) bond motifs is 1. The van der Waals surface area contributed by atoms with Crippen molar-refractivity contribution in [1.82, 2.24) is 24.7 Å². The number of nitrogens with zero attached hydrogens (tertiary/aromatic N) is 5. The second-order valence-electron chi connectivity index (χ2n) is 6.84. The highest BCUT2D eigenvalue weighted by Crippen LogP contribution is 2.32. The monoisotopic (exact) mass is 490 g/mol. The smallest absolute Gasteiger partial charge is 0.264 e. The van der Waals surface area contributed by atoms with E-state index in [0.717, 1.165) is 17.2 Å². The van der Waals surface area contributed by atoms with E-state index in [9.17, 15) is 8.42 Å². The number of pyridine rings is 1. The van der Waals surface area contributed by atoms with Crippen LogP contribution in [0.2, 0.25) is 5.02 Å². The van der Waals surface area contributed by atoms with Gasteiger partial charge >= 0.3 is 0 Å². The van der Waals surface area contributed by atoms with Gasteiger partial charge in [0.2, 0.25) is 5.88 Å².